The maximum atomic E-state index is 13.3. The summed E-state index contributed by atoms with van der Waals surface area (Å²) in [7, 11) is 1.77. The van der Waals surface area contributed by atoms with E-state index in [2.05, 4.69) is 25.4 Å². The Balaban J connectivity index is 1.17. The van der Waals surface area contributed by atoms with Crippen LogP contribution in [0.15, 0.2) is 65.0 Å². The largest absolute Gasteiger partial charge is 0.493 e. The van der Waals surface area contributed by atoms with Gasteiger partial charge >= 0.3 is 6.01 Å². The van der Waals surface area contributed by atoms with Gasteiger partial charge in [-0.25, -0.2) is 9.37 Å². The van der Waals surface area contributed by atoms with Crippen molar-refractivity contribution in [3.05, 3.63) is 87.8 Å². The fraction of sp³-hybridized carbons (Fsp3) is 0.192. The summed E-state index contributed by atoms with van der Waals surface area (Å²) < 4.78 is 26.1. The van der Waals surface area contributed by atoms with E-state index in [-0.39, 0.29) is 18.2 Å². The molecule has 194 valence electrons. The number of amides is 1. The Hall–Kier alpha value is -4.58. The first kappa shape index (κ1) is 25.1. The van der Waals surface area contributed by atoms with Crippen LogP contribution in [-0.2, 0) is 13.6 Å². The van der Waals surface area contributed by atoms with Gasteiger partial charge in [0.05, 0.1) is 18.6 Å². The van der Waals surface area contributed by atoms with Gasteiger partial charge in [0.2, 0.25) is 5.82 Å². The molecule has 12 heteroatoms. The van der Waals surface area contributed by atoms with Crippen LogP contribution in [0.25, 0.3) is 21.3 Å². The van der Waals surface area contributed by atoms with Crippen molar-refractivity contribution in [2.45, 2.75) is 13.0 Å². The molecule has 0 spiro atoms. The van der Waals surface area contributed by atoms with Gasteiger partial charge in [-0.3, -0.25) is 14.3 Å². The van der Waals surface area contributed by atoms with Crippen LogP contribution in [0, 0.1) is 5.82 Å². The quantitative estimate of drug-likeness (QED) is 0.262. The van der Waals surface area contributed by atoms with Crippen molar-refractivity contribution in [3.8, 4) is 22.9 Å². The molecule has 0 aliphatic rings. The number of nitrogens with zero attached hydrogens (tertiary/aromatic N) is 4. The van der Waals surface area contributed by atoms with Crippen LogP contribution in [0.5, 0.6) is 11.8 Å². The summed E-state index contributed by atoms with van der Waals surface area (Å²) in [5.74, 6) is -0.287. The molecule has 3 aromatic heterocycles. The number of aryl methyl sites for hydroxylation is 1. The molecule has 5 aromatic rings. The minimum atomic E-state index is -0.507. The smallest absolute Gasteiger partial charge is 0.335 e. The van der Waals surface area contributed by atoms with E-state index in [4.69, 9.17) is 9.47 Å². The third kappa shape index (κ3) is 5.86. The number of rotatable bonds is 10. The highest BCUT2D eigenvalue weighted by Crippen LogP contribution is 2.30. The third-order valence-electron chi connectivity index (χ3n) is 5.53. The Bertz CT molecular complexity index is 1630. The van der Waals surface area contributed by atoms with Crippen LogP contribution in [0.4, 0.5) is 4.39 Å². The number of hydrogen-bond donors (Lipinski definition) is 2. The molecule has 0 saturated heterocycles. The molecule has 5 rings (SSSR count). The molecule has 2 N–H and O–H groups in total. The van der Waals surface area contributed by atoms with E-state index >= 15 is 0 Å². The molecule has 0 radical (unpaired) electrons. The van der Waals surface area contributed by atoms with Gasteiger partial charge in [0, 0.05) is 31.0 Å². The maximum absolute atomic E-state index is 13.3. The lowest BCUT2D eigenvalue weighted by Gasteiger charge is -2.09. The summed E-state index contributed by atoms with van der Waals surface area (Å²) >= 11 is 1.25. The number of hydrogen-bond acceptors (Lipinski definition) is 8. The summed E-state index contributed by atoms with van der Waals surface area (Å²) in [6.07, 6.45) is 2.21. The Morgan fingerprint density at radius 2 is 1.97 bits per heavy atom. The Morgan fingerprint density at radius 3 is 2.76 bits per heavy atom. The van der Waals surface area contributed by atoms with Crippen LogP contribution in [0.2, 0.25) is 0 Å². The zero-order valence-corrected chi connectivity index (χ0v) is 21.1. The van der Waals surface area contributed by atoms with Crippen LogP contribution in [-0.4, -0.2) is 43.9 Å². The van der Waals surface area contributed by atoms with Gasteiger partial charge < -0.3 is 19.8 Å². The maximum Gasteiger partial charge on any atom is 0.335 e. The molecular weight excluding hydrogens is 511 g/mol. The number of aromatic amines is 1. The molecule has 0 unspecified atom stereocenters. The zero-order chi connectivity index (χ0) is 26.5. The number of aromatic nitrogens is 5. The van der Waals surface area contributed by atoms with Gasteiger partial charge in [-0.2, -0.15) is 4.98 Å². The highest BCUT2D eigenvalue weighted by molar-refractivity contribution is 7.17. The van der Waals surface area contributed by atoms with Crippen LogP contribution < -0.4 is 20.3 Å². The van der Waals surface area contributed by atoms with E-state index in [9.17, 15) is 14.0 Å². The molecule has 1 amide bonds. The minimum Gasteiger partial charge on any atom is -0.493 e. The van der Waals surface area contributed by atoms with E-state index in [1.54, 1.807) is 35.6 Å². The summed E-state index contributed by atoms with van der Waals surface area (Å²) in [4.78, 5) is 36.9. The van der Waals surface area contributed by atoms with Crippen LogP contribution in [0.1, 0.15) is 22.6 Å². The first-order valence-electron chi connectivity index (χ1n) is 11.7. The molecule has 0 aliphatic heterocycles. The van der Waals surface area contributed by atoms with Gasteiger partial charge in [0.1, 0.15) is 22.7 Å². The number of thiophene rings is 1. The summed E-state index contributed by atoms with van der Waals surface area (Å²) in [6.45, 7) is 1.08. The molecule has 2 aromatic carbocycles. The van der Waals surface area contributed by atoms with Gasteiger partial charge in [0.25, 0.3) is 11.5 Å². The van der Waals surface area contributed by atoms with Gasteiger partial charge in [-0.05, 0) is 35.4 Å². The topological polar surface area (TPSA) is 124 Å². The molecule has 0 saturated carbocycles. The van der Waals surface area contributed by atoms with Crippen molar-refractivity contribution in [3.63, 3.8) is 0 Å². The summed E-state index contributed by atoms with van der Waals surface area (Å²) in [5.41, 5.74) is 1.73. The third-order valence-corrected chi connectivity index (χ3v) is 6.41. The number of nitrogens with one attached hydrogen (secondary N) is 2. The number of halogens is 1. The zero-order valence-electron chi connectivity index (χ0n) is 20.3. The molecule has 0 atom stereocenters. The predicted octanol–water partition coefficient (Wildman–Crippen LogP) is 3.70. The van der Waals surface area contributed by atoms with E-state index in [1.165, 1.54) is 23.5 Å². The normalized spacial score (nSPS) is 11.0. The SMILES string of the molecule is Cn1cnc(OCCCOc2cccc(CNC(=O)c3nc4scc(-c5ccc(F)cc5)c4c(=O)[nH]3)c2)n1. The van der Waals surface area contributed by atoms with Crippen LogP contribution >= 0.6 is 11.3 Å². The first-order valence-corrected chi connectivity index (χ1v) is 12.6. The lowest BCUT2D eigenvalue weighted by atomic mass is 10.1. The number of carbonyl (C=O) groups is 1. The van der Waals surface area contributed by atoms with Crippen molar-refractivity contribution in [1.29, 1.82) is 0 Å². The van der Waals surface area contributed by atoms with E-state index in [0.717, 1.165) is 5.56 Å². The fourth-order valence-corrected chi connectivity index (χ4v) is 4.66. The monoisotopic (exact) mass is 534 g/mol. The summed E-state index contributed by atoms with van der Waals surface area (Å²) in [6, 6.07) is 13.5. The summed E-state index contributed by atoms with van der Waals surface area (Å²) in [5, 5.41) is 8.96. The highest BCUT2D eigenvalue weighted by Gasteiger charge is 2.16. The van der Waals surface area contributed by atoms with Crippen molar-refractivity contribution < 1.29 is 18.7 Å². The standard InChI is InChI=1S/C26H23FN6O4S/c1-33-15-29-26(32-33)37-11-3-10-36-19-5-2-4-16(12-19)13-28-24(35)22-30-23(34)21-20(14-38-25(21)31-22)17-6-8-18(27)9-7-17/h2,4-9,12,14-15H,3,10-11,13H2,1H3,(H,28,35)(H,30,31,34). The number of benzene rings is 2. The number of carbonyl (C=O) groups excluding carboxylic acids is 1. The Labute approximate surface area is 220 Å². The Kier molecular flexibility index (Phi) is 7.40. The Morgan fingerprint density at radius 1 is 1.16 bits per heavy atom. The van der Waals surface area contributed by atoms with Crippen LogP contribution in [0.3, 0.4) is 0 Å². The molecule has 0 fully saturated rings. The van der Waals surface area contributed by atoms with E-state index in [1.807, 2.05) is 24.3 Å². The molecular formula is C26H23FN6O4S. The van der Waals surface area contributed by atoms with Crippen molar-refractivity contribution in [1.82, 2.24) is 30.0 Å². The van der Waals surface area contributed by atoms with Crippen molar-refractivity contribution in [2.24, 2.45) is 7.05 Å². The number of ether oxygens (including phenoxy) is 2. The molecule has 38 heavy (non-hydrogen) atoms. The van der Waals surface area contributed by atoms with Crippen molar-refractivity contribution >= 4 is 27.5 Å². The van der Waals surface area contributed by atoms with Crippen molar-refractivity contribution in [2.75, 3.05) is 13.2 Å². The average Bonchev–Trinajstić information content (AvgIpc) is 3.54. The molecule has 0 aliphatic carbocycles. The van der Waals surface area contributed by atoms with E-state index in [0.29, 0.717) is 52.7 Å². The number of H-pyrrole nitrogens is 1. The second-order valence-electron chi connectivity index (χ2n) is 8.33. The van der Waals surface area contributed by atoms with Gasteiger partial charge in [-0.15, -0.1) is 16.4 Å². The second kappa shape index (κ2) is 11.2. The van der Waals surface area contributed by atoms with Gasteiger partial charge in [0.15, 0.2) is 0 Å². The van der Waals surface area contributed by atoms with E-state index < -0.39 is 11.5 Å². The lowest BCUT2D eigenvalue weighted by molar-refractivity contribution is 0.0940. The molecule has 3 heterocycles. The predicted molar refractivity (Wildman–Crippen MR) is 140 cm³/mol. The highest BCUT2D eigenvalue weighted by atomic mass is 32.1. The first-order chi connectivity index (χ1) is 18.5. The number of fused-ring (bicyclic) bond motifs is 1. The fourth-order valence-electron chi connectivity index (χ4n) is 3.71. The minimum absolute atomic E-state index is 0.0789. The lowest BCUT2D eigenvalue weighted by Crippen LogP contribution is -2.27. The van der Waals surface area contributed by atoms with Gasteiger partial charge in [-0.1, -0.05) is 24.3 Å². The molecule has 10 nitrogen and oxygen atoms in total. The average molecular weight is 535 g/mol. The second-order valence-corrected chi connectivity index (χ2v) is 9.19. The molecule has 0 bridgehead atoms.